The monoisotopic (exact) mass is 480 g/mol. The molecule has 1 atom stereocenters. The molecule has 0 spiro atoms. The number of hydrogen-bond donors (Lipinski definition) is 0. The van der Waals surface area contributed by atoms with Gasteiger partial charge in [-0.05, 0) is 24.3 Å². The van der Waals surface area contributed by atoms with Crippen molar-refractivity contribution >= 4 is 17.5 Å². The van der Waals surface area contributed by atoms with Gasteiger partial charge in [0, 0.05) is 50.7 Å². The van der Waals surface area contributed by atoms with Crippen LogP contribution in [0.5, 0.6) is 17.2 Å². The maximum absolute atomic E-state index is 13.5. The molecule has 2 amide bonds. The third-order valence-electron chi connectivity index (χ3n) is 6.56. The van der Waals surface area contributed by atoms with Crippen molar-refractivity contribution in [2.45, 2.75) is 19.4 Å². The van der Waals surface area contributed by atoms with Crippen molar-refractivity contribution < 1.29 is 23.8 Å². The zero-order valence-corrected chi connectivity index (χ0v) is 20.7. The van der Waals surface area contributed by atoms with Crippen LogP contribution < -0.4 is 14.2 Å². The third-order valence-corrected chi connectivity index (χ3v) is 6.56. The molecule has 0 bridgehead atoms. The third kappa shape index (κ3) is 5.24. The van der Waals surface area contributed by atoms with E-state index in [0.717, 1.165) is 16.8 Å². The summed E-state index contributed by atoms with van der Waals surface area (Å²) in [7, 11) is 4.82. The topological polar surface area (TPSA) is 83.9 Å². The number of ether oxygens (including phenoxy) is 3. The van der Waals surface area contributed by atoms with Gasteiger partial charge in [0.15, 0.2) is 11.5 Å². The molecule has 0 N–H and O–H groups in total. The zero-order chi connectivity index (χ0) is 24.9. The van der Waals surface area contributed by atoms with E-state index in [-0.39, 0.29) is 24.4 Å². The van der Waals surface area contributed by atoms with Crippen molar-refractivity contribution in [3.63, 3.8) is 0 Å². The minimum atomic E-state index is -0.291. The zero-order valence-electron chi connectivity index (χ0n) is 20.7. The number of methoxy groups -OCH3 is 3. The van der Waals surface area contributed by atoms with E-state index in [1.807, 2.05) is 47.4 Å². The van der Waals surface area contributed by atoms with Crippen LogP contribution in [0.4, 0.5) is 0 Å². The Kier molecular flexibility index (Phi) is 7.55. The molecule has 4 rings (SSSR count). The van der Waals surface area contributed by atoms with Crippen LogP contribution in [0.2, 0.25) is 0 Å². The molecule has 0 aromatic heterocycles. The predicted octanol–water partition coefficient (Wildman–Crippen LogP) is 2.55. The molecule has 0 radical (unpaired) electrons. The summed E-state index contributed by atoms with van der Waals surface area (Å²) in [6.07, 6.45) is 0.541. The van der Waals surface area contributed by atoms with E-state index in [0.29, 0.717) is 49.8 Å². The predicted molar refractivity (Wildman–Crippen MR) is 132 cm³/mol. The van der Waals surface area contributed by atoms with Gasteiger partial charge in [0.25, 0.3) is 5.91 Å². The minimum Gasteiger partial charge on any atom is -0.496 e. The van der Waals surface area contributed by atoms with Crippen molar-refractivity contribution in [1.29, 1.82) is 0 Å². The van der Waals surface area contributed by atoms with Crippen LogP contribution in [-0.4, -0.2) is 86.4 Å². The molecule has 0 aliphatic carbocycles. The van der Waals surface area contributed by atoms with Crippen LogP contribution in [0.1, 0.15) is 30.5 Å². The number of rotatable bonds is 7. The quantitative estimate of drug-likeness (QED) is 0.606. The van der Waals surface area contributed by atoms with Gasteiger partial charge in [0.05, 0.1) is 39.6 Å². The van der Waals surface area contributed by atoms with Gasteiger partial charge in [0.2, 0.25) is 5.91 Å². The number of piperazine rings is 1. The molecule has 2 aromatic rings. The molecule has 2 heterocycles. The van der Waals surface area contributed by atoms with Gasteiger partial charge in [-0.1, -0.05) is 18.2 Å². The van der Waals surface area contributed by atoms with Crippen molar-refractivity contribution in [2.75, 3.05) is 54.1 Å². The largest absolute Gasteiger partial charge is 0.496 e. The second-order valence-electron chi connectivity index (χ2n) is 8.60. The highest BCUT2D eigenvalue weighted by Gasteiger charge is 2.36. The van der Waals surface area contributed by atoms with Crippen molar-refractivity contribution in [2.24, 2.45) is 5.10 Å². The van der Waals surface area contributed by atoms with Gasteiger partial charge in [-0.15, -0.1) is 0 Å². The van der Waals surface area contributed by atoms with Crippen LogP contribution in [0, 0.1) is 0 Å². The number of amides is 2. The summed E-state index contributed by atoms with van der Waals surface area (Å²) in [5.41, 5.74) is 2.56. The first kappa shape index (κ1) is 24.5. The standard InChI is InChI=1S/C26H32N4O5/c1-18(31)29-13-11-28(12-14-29)17-26(32)30-22(20-7-5-6-8-23(20)33-2)16-21(27-30)19-9-10-24(34-3)25(15-19)35-4/h5-10,15,22H,11-14,16-17H2,1-4H3. The van der Waals surface area contributed by atoms with E-state index in [1.54, 1.807) is 33.3 Å². The van der Waals surface area contributed by atoms with Gasteiger partial charge < -0.3 is 19.1 Å². The fourth-order valence-corrected chi connectivity index (χ4v) is 4.60. The Labute approximate surface area is 205 Å². The van der Waals surface area contributed by atoms with Gasteiger partial charge in [-0.3, -0.25) is 14.5 Å². The van der Waals surface area contributed by atoms with Gasteiger partial charge in [-0.2, -0.15) is 5.10 Å². The number of hydrogen-bond acceptors (Lipinski definition) is 7. The van der Waals surface area contributed by atoms with E-state index in [4.69, 9.17) is 19.3 Å². The van der Waals surface area contributed by atoms with Gasteiger partial charge in [-0.25, -0.2) is 5.01 Å². The normalized spacial score (nSPS) is 18.3. The fraction of sp³-hybridized carbons (Fsp3) is 0.423. The Bertz CT molecular complexity index is 1110. The first-order chi connectivity index (χ1) is 16.9. The number of benzene rings is 2. The number of para-hydroxylation sites is 1. The maximum Gasteiger partial charge on any atom is 0.257 e. The molecule has 35 heavy (non-hydrogen) atoms. The lowest BCUT2D eigenvalue weighted by atomic mass is 9.97. The lowest BCUT2D eigenvalue weighted by molar-refractivity contribution is -0.135. The first-order valence-corrected chi connectivity index (χ1v) is 11.7. The number of hydrazone groups is 1. The maximum atomic E-state index is 13.5. The minimum absolute atomic E-state index is 0.0657. The summed E-state index contributed by atoms with van der Waals surface area (Å²) < 4.78 is 16.4. The molecule has 9 nitrogen and oxygen atoms in total. The molecular weight excluding hydrogens is 448 g/mol. The average molecular weight is 481 g/mol. The summed E-state index contributed by atoms with van der Waals surface area (Å²) in [6.45, 7) is 4.38. The van der Waals surface area contributed by atoms with Crippen molar-refractivity contribution in [3.05, 3.63) is 53.6 Å². The average Bonchev–Trinajstić information content (AvgIpc) is 3.34. The molecule has 2 aliphatic rings. The SMILES string of the molecule is COc1ccc(C2=NN(C(=O)CN3CCN(C(C)=O)CC3)C(c3ccccc3OC)C2)cc1OC. The summed E-state index contributed by atoms with van der Waals surface area (Å²) in [6, 6.07) is 13.1. The van der Waals surface area contributed by atoms with E-state index in [1.165, 1.54) is 0 Å². The molecule has 1 saturated heterocycles. The lowest BCUT2D eigenvalue weighted by Crippen LogP contribution is -2.50. The highest BCUT2D eigenvalue weighted by atomic mass is 16.5. The van der Waals surface area contributed by atoms with Crippen molar-refractivity contribution in [1.82, 2.24) is 14.8 Å². The Balaban J connectivity index is 1.61. The van der Waals surface area contributed by atoms with E-state index >= 15 is 0 Å². The number of nitrogens with zero attached hydrogens (tertiary/aromatic N) is 4. The summed E-state index contributed by atoms with van der Waals surface area (Å²) in [5, 5.41) is 6.37. The molecule has 1 unspecified atom stereocenters. The van der Waals surface area contributed by atoms with Gasteiger partial charge in [0.1, 0.15) is 5.75 Å². The molecule has 0 saturated carbocycles. The Hall–Kier alpha value is -3.59. The Morgan fingerprint density at radius 1 is 0.914 bits per heavy atom. The van der Waals surface area contributed by atoms with Crippen LogP contribution in [0.25, 0.3) is 0 Å². The number of carbonyl (C=O) groups is 2. The van der Waals surface area contributed by atoms with E-state index in [9.17, 15) is 9.59 Å². The molecule has 9 heteroatoms. The summed E-state index contributed by atoms with van der Waals surface area (Å²) >= 11 is 0. The van der Waals surface area contributed by atoms with E-state index in [2.05, 4.69) is 4.90 Å². The summed E-state index contributed by atoms with van der Waals surface area (Å²) in [5.74, 6) is 1.93. The molecule has 2 aromatic carbocycles. The van der Waals surface area contributed by atoms with Gasteiger partial charge >= 0.3 is 0 Å². The number of carbonyl (C=O) groups excluding carboxylic acids is 2. The highest BCUT2D eigenvalue weighted by molar-refractivity contribution is 6.03. The molecule has 1 fully saturated rings. The molecular formula is C26H32N4O5. The first-order valence-electron chi connectivity index (χ1n) is 11.7. The smallest absolute Gasteiger partial charge is 0.257 e. The molecule has 186 valence electrons. The van der Waals surface area contributed by atoms with Crippen LogP contribution >= 0.6 is 0 Å². The van der Waals surface area contributed by atoms with Crippen LogP contribution in [0.15, 0.2) is 47.6 Å². The second-order valence-corrected chi connectivity index (χ2v) is 8.60. The van der Waals surface area contributed by atoms with Crippen molar-refractivity contribution in [3.8, 4) is 17.2 Å². The Morgan fingerprint density at radius 3 is 2.26 bits per heavy atom. The van der Waals surface area contributed by atoms with E-state index < -0.39 is 0 Å². The fourth-order valence-electron chi connectivity index (χ4n) is 4.60. The lowest BCUT2D eigenvalue weighted by Gasteiger charge is -2.34. The highest BCUT2D eigenvalue weighted by Crippen LogP contribution is 2.38. The van der Waals surface area contributed by atoms with Crippen LogP contribution in [-0.2, 0) is 9.59 Å². The summed E-state index contributed by atoms with van der Waals surface area (Å²) in [4.78, 5) is 29.0. The second kappa shape index (κ2) is 10.8. The molecule has 2 aliphatic heterocycles. The Morgan fingerprint density at radius 2 is 1.60 bits per heavy atom. The van der Waals surface area contributed by atoms with Crippen LogP contribution in [0.3, 0.4) is 0 Å².